The van der Waals surface area contributed by atoms with Crippen molar-refractivity contribution >= 4 is 32.5 Å². The average Bonchev–Trinajstić information content (AvgIpc) is 2.27. The predicted molar refractivity (Wildman–Crippen MR) is 65.0 cm³/mol. The fourth-order valence-corrected chi connectivity index (χ4v) is 1.89. The fraction of sp³-hybridized carbons (Fsp3) is 0.0833. The fourth-order valence-electron chi connectivity index (χ4n) is 1.51. The maximum atomic E-state index is 11.4. The van der Waals surface area contributed by atoms with Crippen molar-refractivity contribution < 1.29 is 4.79 Å². The highest BCUT2D eigenvalue weighted by molar-refractivity contribution is 9.10. The maximum Gasteiger partial charge on any atom is 0.176 e. The number of hydrogen-bond donors (Lipinski definition) is 1. The van der Waals surface area contributed by atoms with E-state index in [1.54, 1.807) is 0 Å². The third kappa shape index (κ3) is 2.08. The Morgan fingerprint density at radius 3 is 2.53 bits per heavy atom. The van der Waals surface area contributed by atoms with E-state index in [2.05, 4.69) is 15.9 Å². The van der Waals surface area contributed by atoms with Crippen LogP contribution in [0.2, 0.25) is 0 Å². The molecule has 2 rings (SSSR count). The van der Waals surface area contributed by atoms with E-state index in [0.717, 1.165) is 15.2 Å². The quantitative estimate of drug-likeness (QED) is 0.847. The molecule has 3 heteroatoms. The Hall–Kier alpha value is -1.19. The second-order valence-corrected chi connectivity index (χ2v) is 4.25. The van der Waals surface area contributed by atoms with Crippen LogP contribution >= 0.6 is 15.9 Å². The minimum atomic E-state index is -0.0279. The van der Waals surface area contributed by atoms with Crippen molar-refractivity contribution in [2.24, 2.45) is 5.73 Å². The van der Waals surface area contributed by atoms with Crippen molar-refractivity contribution in [2.75, 3.05) is 6.54 Å². The van der Waals surface area contributed by atoms with Gasteiger partial charge in [-0.1, -0.05) is 34.1 Å². The number of carbonyl (C=O) groups excluding carboxylic acids is 1. The number of nitrogens with two attached hydrogens (primary N) is 1. The Morgan fingerprint density at radius 2 is 1.80 bits per heavy atom. The van der Waals surface area contributed by atoms with Crippen molar-refractivity contribution in [3.8, 4) is 0 Å². The van der Waals surface area contributed by atoms with Gasteiger partial charge in [0.1, 0.15) is 0 Å². The van der Waals surface area contributed by atoms with Crippen molar-refractivity contribution in [3.05, 3.63) is 46.4 Å². The van der Waals surface area contributed by atoms with Crippen LogP contribution in [0.25, 0.3) is 10.8 Å². The van der Waals surface area contributed by atoms with Gasteiger partial charge in [-0.25, -0.2) is 0 Å². The molecule has 0 amide bonds. The second-order valence-electron chi connectivity index (χ2n) is 3.33. The Balaban J connectivity index is 2.57. The van der Waals surface area contributed by atoms with E-state index in [1.165, 1.54) is 0 Å². The molecule has 2 aromatic rings. The van der Waals surface area contributed by atoms with E-state index in [9.17, 15) is 4.79 Å². The zero-order chi connectivity index (χ0) is 10.8. The monoisotopic (exact) mass is 263 g/mol. The molecule has 0 unspecified atom stereocenters. The molecule has 2 N–H and O–H groups in total. The van der Waals surface area contributed by atoms with Crippen molar-refractivity contribution in [1.29, 1.82) is 0 Å². The smallest absolute Gasteiger partial charge is 0.176 e. The van der Waals surface area contributed by atoms with E-state index in [-0.39, 0.29) is 12.3 Å². The molecule has 0 saturated carbocycles. The summed E-state index contributed by atoms with van der Waals surface area (Å²) in [4.78, 5) is 11.4. The van der Waals surface area contributed by atoms with Crippen molar-refractivity contribution in [2.45, 2.75) is 0 Å². The van der Waals surface area contributed by atoms with Gasteiger partial charge in [0.25, 0.3) is 0 Å². The molecule has 0 fully saturated rings. The lowest BCUT2D eigenvalue weighted by atomic mass is 10.0. The number of carbonyl (C=O) groups is 1. The average molecular weight is 264 g/mol. The first kappa shape index (κ1) is 10.3. The molecule has 0 radical (unpaired) electrons. The molecule has 0 saturated heterocycles. The molecule has 0 bridgehead atoms. The zero-order valence-electron chi connectivity index (χ0n) is 8.03. The van der Waals surface area contributed by atoms with Crippen LogP contribution < -0.4 is 5.73 Å². The topological polar surface area (TPSA) is 43.1 Å². The molecule has 76 valence electrons. The molecule has 2 nitrogen and oxygen atoms in total. The van der Waals surface area contributed by atoms with E-state index < -0.39 is 0 Å². The van der Waals surface area contributed by atoms with Gasteiger partial charge < -0.3 is 5.73 Å². The third-order valence-electron chi connectivity index (χ3n) is 2.31. The van der Waals surface area contributed by atoms with Crippen LogP contribution in [-0.2, 0) is 0 Å². The first-order chi connectivity index (χ1) is 7.20. The predicted octanol–water partition coefficient (Wildman–Crippen LogP) is 2.74. The number of benzene rings is 2. The molecule has 0 aliphatic rings. The standard InChI is InChI=1S/C12H10BrNO/c13-11-4-3-8-5-10(12(15)7-14)2-1-9(8)6-11/h1-6H,7,14H2. The number of halogens is 1. The first-order valence-corrected chi connectivity index (χ1v) is 5.42. The van der Waals surface area contributed by atoms with Crippen LogP contribution in [0.4, 0.5) is 0 Å². The summed E-state index contributed by atoms with van der Waals surface area (Å²) >= 11 is 3.41. The summed E-state index contributed by atoms with van der Waals surface area (Å²) in [6.07, 6.45) is 0. The van der Waals surface area contributed by atoms with Gasteiger partial charge in [0.05, 0.1) is 6.54 Å². The molecular formula is C12H10BrNO. The van der Waals surface area contributed by atoms with Crippen LogP contribution in [0.5, 0.6) is 0 Å². The van der Waals surface area contributed by atoms with Crippen LogP contribution in [-0.4, -0.2) is 12.3 Å². The minimum absolute atomic E-state index is 0.0279. The summed E-state index contributed by atoms with van der Waals surface area (Å²) in [6.45, 7) is 0.0576. The van der Waals surface area contributed by atoms with Gasteiger partial charge in [-0.05, 0) is 29.0 Å². The Morgan fingerprint density at radius 1 is 1.13 bits per heavy atom. The Bertz CT molecular complexity index is 522. The van der Waals surface area contributed by atoms with Gasteiger partial charge in [-0.15, -0.1) is 0 Å². The highest BCUT2D eigenvalue weighted by atomic mass is 79.9. The summed E-state index contributed by atoms with van der Waals surface area (Å²) in [7, 11) is 0. The van der Waals surface area contributed by atoms with Crippen LogP contribution in [0.1, 0.15) is 10.4 Å². The first-order valence-electron chi connectivity index (χ1n) is 4.63. The van der Waals surface area contributed by atoms with Gasteiger partial charge >= 0.3 is 0 Å². The molecular weight excluding hydrogens is 254 g/mol. The van der Waals surface area contributed by atoms with Gasteiger partial charge in [0.2, 0.25) is 0 Å². The normalized spacial score (nSPS) is 10.5. The summed E-state index contributed by atoms with van der Waals surface area (Å²) < 4.78 is 1.04. The van der Waals surface area contributed by atoms with Gasteiger partial charge in [-0.2, -0.15) is 0 Å². The van der Waals surface area contributed by atoms with Crippen LogP contribution in [0.3, 0.4) is 0 Å². The summed E-state index contributed by atoms with van der Waals surface area (Å²) in [5.74, 6) is -0.0279. The Labute approximate surface area is 96.2 Å². The number of ketones is 1. The van der Waals surface area contributed by atoms with Crippen LogP contribution in [0.15, 0.2) is 40.9 Å². The largest absolute Gasteiger partial charge is 0.324 e. The van der Waals surface area contributed by atoms with Gasteiger partial charge in [0, 0.05) is 10.0 Å². The Kier molecular flexibility index (Phi) is 2.84. The summed E-state index contributed by atoms with van der Waals surface area (Å²) in [5.41, 5.74) is 5.99. The van der Waals surface area contributed by atoms with Crippen molar-refractivity contribution in [1.82, 2.24) is 0 Å². The second kappa shape index (κ2) is 4.13. The SMILES string of the molecule is NCC(=O)c1ccc2cc(Br)ccc2c1. The highest BCUT2D eigenvalue weighted by Gasteiger charge is 2.03. The maximum absolute atomic E-state index is 11.4. The van der Waals surface area contributed by atoms with Crippen LogP contribution in [0, 0.1) is 0 Å². The number of hydrogen-bond acceptors (Lipinski definition) is 2. The summed E-state index contributed by atoms with van der Waals surface area (Å²) in [5, 5.41) is 2.16. The molecule has 15 heavy (non-hydrogen) atoms. The zero-order valence-corrected chi connectivity index (χ0v) is 9.62. The molecule has 0 aliphatic carbocycles. The molecule has 0 aliphatic heterocycles. The molecule has 0 aromatic heterocycles. The molecule has 0 heterocycles. The third-order valence-corrected chi connectivity index (χ3v) is 2.80. The van der Waals surface area contributed by atoms with E-state index in [1.807, 2.05) is 36.4 Å². The minimum Gasteiger partial charge on any atom is -0.324 e. The lowest BCUT2D eigenvalue weighted by Crippen LogP contribution is -2.13. The van der Waals surface area contributed by atoms with Crippen molar-refractivity contribution in [3.63, 3.8) is 0 Å². The lowest BCUT2D eigenvalue weighted by Gasteiger charge is -2.02. The van der Waals surface area contributed by atoms with Gasteiger partial charge in [0.15, 0.2) is 5.78 Å². The lowest BCUT2D eigenvalue weighted by molar-refractivity contribution is 0.100. The highest BCUT2D eigenvalue weighted by Crippen LogP contribution is 2.20. The number of fused-ring (bicyclic) bond motifs is 1. The molecule has 2 aromatic carbocycles. The number of rotatable bonds is 2. The van der Waals surface area contributed by atoms with E-state index in [0.29, 0.717) is 5.56 Å². The summed E-state index contributed by atoms with van der Waals surface area (Å²) in [6, 6.07) is 11.6. The van der Waals surface area contributed by atoms with Gasteiger partial charge in [-0.3, -0.25) is 4.79 Å². The molecule has 0 spiro atoms. The molecule has 0 atom stereocenters. The van der Waals surface area contributed by atoms with E-state index in [4.69, 9.17) is 5.73 Å². The number of Topliss-reactive ketones (excluding diaryl/α,β-unsaturated/α-hetero) is 1. The van der Waals surface area contributed by atoms with E-state index >= 15 is 0 Å².